The zero-order valence-electron chi connectivity index (χ0n) is 11.2. The lowest BCUT2D eigenvalue weighted by atomic mass is 9.79. The van der Waals surface area contributed by atoms with Crippen LogP contribution in [0.25, 0.3) is 0 Å². The highest BCUT2D eigenvalue weighted by Gasteiger charge is 2.36. The average Bonchev–Trinajstić information content (AvgIpc) is 2.33. The summed E-state index contributed by atoms with van der Waals surface area (Å²) >= 11 is 0. The molecule has 2 nitrogen and oxygen atoms in total. The van der Waals surface area contributed by atoms with Crippen LogP contribution in [-0.4, -0.2) is 12.1 Å². The number of benzene rings is 1. The van der Waals surface area contributed by atoms with Crippen molar-refractivity contribution in [3.63, 3.8) is 0 Å². The van der Waals surface area contributed by atoms with Gasteiger partial charge in [0.15, 0.2) is 0 Å². The molecule has 3 heteroatoms. The SMILES string of the molecule is CC(C)Oc1cccc(C2(F)CCC(N)CC2)c1. The van der Waals surface area contributed by atoms with E-state index in [2.05, 4.69) is 0 Å². The van der Waals surface area contributed by atoms with Gasteiger partial charge in [-0.05, 0) is 57.2 Å². The number of rotatable bonds is 3. The maximum absolute atomic E-state index is 14.9. The van der Waals surface area contributed by atoms with Crippen molar-refractivity contribution < 1.29 is 9.13 Å². The molecule has 0 radical (unpaired) electrons. The Labute approximate surface area is 108 Å². The zero-order chi connectivity index (χ0) is 13.2. The lowest BCUT2D eigenvalue weighted by Gasteiger charge is -2.33. The fraction of sp³-hybridized carbons (Fsp3) is 0.600. The summed E-state index contributed by atoms with van der Waals surface area (Å²) in [5.41, 5.74) is 5.34. The van der Waals surface area contributed by atoms with Gasteiger partial charge >= 0.3 is 0 Å². The first-order chi connectivity index (χ1) is 8.49. The van der Waals surface area contributed by atoms with Crippen molar-refractivity contribution in [3.8, 4) is 5.75 Å². The molecule has 0 amide bonds. The normalized spacial score (nSPS) is 28.4. The lowest BCUT2D eigenvalue weighted by Crippen LogP contribution is -2.33. The molecule has 1 fully saturated rings. The highest BCUT2D eigenvalue weighted by atomic mass is 19.1. The smallest absolute Gasteiger partial charge is 0.136 e. The average molecular weight is 251 g/mol. The molecule has 1 saturated carbocycles. The van der Waals surface area contributed by atoms with Crippen LogP contribution >= 0.6 is 0 Å². The van der Waals surface area contributed by atoms with Crippen LogP contribution < -0.4 is 10.5 Å². The minimum Gasteiger partial charge on any atom is -0.491 e. The predicted molar refractivity (Wildman–Crippen MR) is 71.4 cm³/mol. The fourth-order valence-corrected chi connectivity index (χ4v) is 2.51. The van der Waals surface area contributed by atoms with Gasteiger partial charge in [0.1, 0.15) is 11.4 Å². The van der Waals surface area contributed by atoms with Gasteiger partial charge in [-0.1, -0.05) is 12.1 Å². The third-order valence-electron chi connectivity index (χ3n) is 3.55. The Kier molecular flexibility index (Phi) is 3.91. The van der Waals surface area contributed by atoms with Crippen molar-refractivity contribution in [1.82, 2.24) is 0 Å². The van der Waals surface area contributed by atoms with Crippen LogP contribution in [0.2, 0.25) is 0 Å². The van der Waals surface area contributed by atoms with Crippen molar-refractivity contribution in [3.05, 3.63) is 29.8 Å². The van der Waals surface area contributed by atoms with Crippen LogP contribution in [0.3, 0.4) is 0 Å². The Morgan fingerprint density at radius 2 is 2.00 bits per heavy atom. The van der Waals surface area contributed by atoms with Gasteiger partial charge in [-0.2, -0.15) is 0 Å². The van der Waals surface area contributed by atoms with Crippen molar-refractivity contribution in [2.75, 3.05) is 0 Å². The van der Waals surface area contributed by atoms with Crippen LogP contribution in [0.5, 0.6) is 5.75 Å². The number of hydrogen-bond donors (Lipinski definition) is 1. The first-order valence-corrected chi connectivity index (χ1v) is 6.71. The molecule has 0 spiro atoms. The van der Waals surface area contributed by atoms with Gasteiger partial charge in [0.25, 0.3) is 0 Å². The van der Waals surface area contributed by atoms with Gasteiger partial charge in [-0.25, -0.2) is 4.39 Å². The molecule has 0 aromatic heterocycles. The van der Waals surface area contributed by atoms with Gasteiger partial charge in [-0.3, -0.25) is 0 Å². The van der Waals surface area contributed by atoms with Crippen molar-refractivity contribution in [1.29, 1.82) is 0 Å². The molecule has 0 atom stereocenters. The van der Waals surface area contributed by atoms with E-state index in [1.807, 2.05) is 38.1 Å². The van der Waals surface area contributed by atoms with Crippen molar-refractivity contribution >= 4 is 0 Å². The van der Waals surface area contributed by atoms with Crippen molar-refractivity contribution in [2.45, 2.75) is 57.3 Å². The molecule has 18 heavy (non-hydrogen) atoms. The first-order valence-electron chi connectivity index (χ1n) is 6.71. The quantitative estimate of drug-likeness (QED) is 0.891. The lowest BCUT2D eigenvalue weighted by molar-refractivity contribution is 0.0973. The highest BCUT2D eigenvalue weighted by Crippen LogP contribution is 2.41. The van der Waals surface area contributed by atoms with E-state index in [0.717, 1.165) is 24.2 Å². The summed E-state index contributed by atoms with van der Waals surface area (Å²) in [6, 6.07) is 7.58. The summed E-state index contributed by atoms with van der Waals surface area (Å²) < 4.78 is 20.5. The molecule has 0 aliphatic heterocycles. The Morgan fingerprint density at radius 1 is 1.33 bits per heavy atom. The number of ether oxygens (including phenoxy) is 1. The van der Waals surface area contributed by atoms with E-state index >= 15 is 0 Å². The number of halogens is 1. The molecule has 2 rings (SSSR count). The van der Waals surface area contributed by atoms with E-state index in [1.54, 1.807) is 0 Å². The van der Waals surface area contributed by atoms with Gasteiger partial charge in [0.2, 0.25) is 0 Å². The molecule has 0 unspecified atom stereocenters. The monoisotopic (exact) mass is 251 g/mol. The third kappa shape index (κ3) is 3.02. The van der Waals surface area contributed by atoms with E-state index in [0.29, 0.717) is 12.8 Å². The van der Waals surface area contributed by atoms with E-state index in [4.69, 9.17) is 10.5 Å². The van der Waals surface area contributed by atoms with Gasteiger partial charge in [0.05, 0.1) is 6.10 Å². The van der Waals surface area contributed by atoms with Gasteiger partial charge < -0.3 is 10.5 Å². The molecule has 0 bridgehead atoms. The van der Waals surface area contributed by atoms with E-state index in [1.165, 1.54) is 0 Å². The molecule has 1 aliphatic rings. The van der Waals surface area contributed by atoms with Crippen LogP contribution in [0.4, 0.5) is 4.39 Å². The largest absolute Gasteiger partial charge is 0.491 e. The Bertz CT molecular complexity index is 397. The number of alkyl halides is 1. The molecule has 2 N–H and O–H groups in total. The van der Waals surface area contributed by atoms with E-state index < -0.39 is 5.67 Å². The van der Waals surface area contributed by atoms with Crippen LogP contribution in [-0.2, 0) is 5.67 Å². The van der Waals surface area contributed by atoms with Crippen LogP contribution in [0.1, 0.15) is 45.1 Å². The molecule has 1 aromatic carbocycles. The summed E-state index contributed by atoms with van der Waals surface area (Å²) in [6.45, 7) is 3.94. The number of nitrogens with two attached hydrogens (primary N) is 1. The van der Waals surface area contributed by atoms with Crippen LogP contribution in [0, 0.1) is 0 Å². The summed E-state index contributed by atoms with van der Waals surface area (Å²) in [7, 11) is 0. The minimum absolute atomic E-state index is 0.107. The maximum atomic E-state index is 14.9. The summed E-state index contributed by atoms with van der Waals surface area (Å²) in [6.07, 6.45) is 2.64. The third-order valence-corrected chi connectivity index (χ3v) is 3.55. The first kappa shape index (κ1) is 13.3. The maximum Gasteiger partial charge on any atom is 0.136 e. The van der Waals surface area contributed by atoms with Crippen molar-refractivity contribution in [2.24, 2.45) is 5.73 Å². The highest BCUT2D eigenvalue weighted by molar-refractivity contribution is 5.33. The second-order valence-electron chi connectivity index (χ2n) is 5.50. The molecule has 100 valence electrons. The van der Waals surface area contributed by atoms with Crippen LogP contribution in [0.15, 0.2) is 24.3 Å². The Balaban J connectivity index is 2.17. The summed E-state index contributed by atoms with van der Waals surface area (Å²) in [4.78, 5) is 0. The van der Waals surface area contributed by atoms with E-state index in [9.17, 15) is 4.39 Å². The standard InChI is InChI=1S/C15H22FNO/c1-11(2)18-14-5-3-4-12(10-14)15(16)8-6-13(17)7-9-15/h3-5,10-11,13H,6-9,17H2,1-2H3. The zero-order valence-corrected chi connectivity index (χ0v) is 11.2. The number of hydrogen-bond acceptors (Lipinski definition) is 2. The molecular formula is C15H22FNO. The molecule has 0 saturated heterocycles. The molecule has 1 aromatic rings. The fourth-order valence-electron chi connectivity index (χ4n) is 2.51. The second kappa shape index (κ2) is 5.27. The second-order valence-corrected chi connectivity index (χ2v) is 5.50. The van der Waals surface area contributed by atoms with Gasteiger partial charge in [0, 0.05) is 6.04 Å². The molecule has 0 heterocycles. The Morgan fingerprint density at radius 3 is 2.61 bits per heavy atom. The summed E-state index contributed by atoms with van der Waals surface area (Å²) in [5, 5.41) is 0. The van der Waals surface area contributed by atoms with Gasteiger partial charge in [-0.15, -0.1) is 0 Å². The minimum atomic E-state index is -1.23. The Hall–Kier alpha value is -1.09. The summed E-state index contributed by atoms with van der Waals surface area (Å²) in [5.74, 6) is 0.745. The predicted octanol–water partition coefficient (Wildman–Crippen LogP) is 3.54. The van der Waals surface area contributed by atoms with E-state index in [-0.39, 0.29) is 12.1 Å². The molecular weight excluding hydrogens is 229 g/mol. The topological polar surface area (TPSA) is 35.2 Å². The molecule has 1 aliphatic carbocycles.